The summed E-state index contributed by atoms with van der Waals surface area (Å²) in [4.78, 5) is 27.7. The molecule has 1 fully saturated rings. The molecule has 5 nitrogen and oxygen atoms in total. The average molecular weight is 370 g/mol. The molecule has 2 amide bonds. The third-order valence-corrected chi connectivity index (χ3v) is 5.99. The average Bonchev–Trinajstić information content (AvgIpc) is 3.39. The van der Waals surface area contributed by atoms with Crippen LogP contribution in [0.25, 0.3) is 0 Å². The van der Waals surface area contributed by atoms with E-state index in [9.17, 15) is 9.59 Å². The number of carbonyl (C=O) groups excluding carboxylic acids is 2. The highest BCUT2D eigenvalue weighted by atomic mass is 32.1. The first-order valence-electron chi connectivity index (χ1n) is 8.93. The number of carbonyl (C=O) groups is 2. The fourth-order valence-electron chi connectivity index (χ4n) is 3.49. The van der Waals surface area contributed by atoms with E-state index in [-0.39, 0.29) is 30.4 Å². The second kappa shape index (κ2) is 7.21. The third-order valence-electron chi connectivity index (χ3n) is 5.00. The molecule has 1 aliphatic carbocycles. The minimum Gasteiger partial charge on any atom is -0.375 e. The Hall–Kier alpha value is -2.18. The molecule has 0 bridgehead atoms. The van der Waals surface area contributed by atoms with Crippen LogP contribution in [0.5, 0.6) is 0 Å². The van der Waals surface area contributed by atoms with E-state index in [1.807, 2.05) is 29.2 Å². The predicted octanol–water partition coefficient (Wildman–Crippen LogP) is 3.22. The van der Waals surface area contributed by atoms with Crippen molar-refractivity contribution in [2.24, 2.45) is 5.92 Å². The van der Waals surface area contributed by atoms with Crippen LogP contribution in [0, 0.1) is 5.92 Å². The van der Waals surface area contributed by atoms with Gasteiger partial charge in [0.1, 0.15) is 6.61 Å². The van der Waals surface area contributed by atoms with Crippen LogP contribution in [0.1, 0.15) is 34.9 Å². The zero-order valence-electron chi connectivity index (χ0n) is 14.7. The van der Waals surface area contributed by atoms with E-state index in [2.05, 4.69) is 16.8 Å². The highest BCUT2D eigenvalue weighted by molar-refractivity contribution is 7.10. The van der Waals surface area contributed by atoms with Crippen molar-refractivity contribution in [3.05, 3.63) is 51.7 Å². The van der Waals surface area contributed by atoms with Gasteiger partial charge >= 0.3 is 0 Å². The number of fused-ring (bicyclic) bond motifs is 1. The lowest BCUT2D eigenvalue weighted by molar-refractivity contribution is -0.137. The molecule has 1 atom stereocenters. The quantitative estimate of drug-likeness (QED) is 0.879. The number of methoxy groups -OCH3 is 1. The number of ether oxygens (including phenoxy) is 1. The molecule has 2 aliphatic rings. The second-order valence-electron chi connectivity index (χ2n) is 6.86. The standard InChI is InChI=1S/C20H22N2O3S/c1-25-12-18(23)22-10-8-17-16(9-11-26-17)19(22)13-4-6-15(7-5-13)21-20(24)14-2-3-14/h4-7,9,11,14,19H,2-3,8,10,12H2,1H3,(H,21,24)/t19-/m0/s1. The highest BCUT2D eigenvalue weighted by Crippen LogP contribution is 2.38. The molecule has 1 saturated carbocycles. The Balaban J connectivity index is 1.60. The first kappa shape index (κ1) is 17.2. The molecule has 1 aliphatic heterocycles. The van der Waals surface area contributed by atoms with Crippen molar-refractivity contribution in [1.29, 1.82) is 0 Å². The molecule has 0 radical (unpaired) electrons. The van der Waals surface area contributed by atoms with Crippen molar-refractivity contribution in [3.8, 4) is 0 Å². The number of benzene rings is 1. The first-order chi connectivity index (χ1) is 12.7. The first-order valence-corrected chi connectivity index (χ1v) is 9.81. The Morgan fingerprint density at radius 3 is 2.69 bits per heavy atom. The summed E-state index contributed by atoms with van der Waals surface area (Å²) in [6.45, 7) is 0.784. The zero-order valence-corrected chi connectivity index (χ0v) is 15.6. The third kappa shape index (κ3) is 3.39. The maximum atomic E-state index is 12.6. The smallest absolute Gasteiger partial charge is 0.249 e. The summed E-state index contributed by atoms with van der Waals surface area (Å²) in [5, 5.41) is 5.05. The van der Waals surface area contributed by atoms with E-state index in [0.717, 1.165) is 30.5 Å². The van der Waals surface area contributed by atoms with Gasteiger partial charge in [-0.25, -0.2) is 0 Å². The Morgan fingerprint density at radius 1 is 1.23 bits per heavy atom. The van der Waals surface area contributed by atoms with Gasteiger partial charge in [-0.05, 0) is 54.0 Å². The molecule has 2 aromatic rings. The fourth-order valence-corrected chi connectivity index (χ4v) is 4.39. The fraction of sp³-hybridized carbons (Fsp3) is 0.400. The summed E-state index contributed by atoms with van der Waals surface area (Å²) < 4.78 is 5.07. The van der Waals surface area contributed by atoms with E-state index in [4.69, 9.17) is 4.74 Å². The number of thiophene rings is 1. The van der Waals surface area contributed by atoms with E-state index < -0.39 is 0 Å². The number of rotatable bonds is 5. The van der Waals surface area contributed by atoms with Gasteiger partial charge in [0.2, 0.25) is 11.8 Å². The van der Waals surface area contributed by atoms with Crippen molar-refractivity contribution < 1.29 is 14.3 Å². The maximum absolute atomic E-state index is 12.6. The Bertz CT molecular complexity index is 811. The van der Waals surface area contributed by atoms with Crippen LogP contribution in [-0.2, 0) is 20.7 Å². The lowest BCUT2D eigenvalue weighted by Gasteiger charge is -2.36. The van der Waals surface area contributed by atoms with E-state index in [1.54, 1.807) is 18.4 Å². The summed E-state index contributed by atoms with van der Waals surface area (Å²) in [7, 11) is 1.55. The van der Waals surface area contributed by atoms with Crippen LogP contribution in [0.4, 0.5) is 5.69 Å². The van der Waals surface area contributed by atoms with Crippen molar-refractivity contribution in [2.45, 2.75) is 25.3 Å². The van der Waals surface area contributed by atoms with Gasteiger partial charge in [-0.15, -0.1) is 11.3 Å². The van der Waals surface area contributed by atoms with Crippen LogP contribution in [-0.4, -0.2) is 37.0 Å². The molecule has 4 rings (SSSR count). The molecule has 136 valence electrons. The van der Waals surface area contributed by atoms with Gasteiger partial charge in [0.05, 0.1) is 6.04 Å². The minimum absolute atomic E-state index is 0.000428. The summed E-state index contributed by atoms with van der Waals surface area (Å²) in [5.74, 6) is 0.288. The number of amides is 2. The topological polar surface area (TPSA) is 58.6 Å². The second-order valence-corrected chi connectivity index (χ2v) is 7.86. The number of nitrogens with zero attached hydrogens (tertiary/aromatic N) is 1. The van der Waals surface area contributed by atoms with E-state index in [1.165, 1.54) is 10.4 Å². The van der Waals surface area contributed by atoms with Gasteiger partial charge in [-0.1, -0.05) is 12.1 Å². The van der Waals surface area contributed by atoms with Crippen molar-refractivity contribution in [2.75, 3.05) is 25.6 Å². The van der Waals surface area contributed by atoms with Crippen LogP contribution in [0.3, 0.4) is 0 Å². The number of nitrogens with one attached hydrogen (secondary N) is 1. The molecule has 0 saturated heterocycles. The van der Waals surface area contributed by atoms with Crippen molar-refractivity contribution in [1.82, 2.24) is 4.90 Å². The van der Waals surface area contributed by atoms with Gasteiger partial charge in [-0.2, -0.15) is 0 Å². The zero-order chi connectivity index (χ0) is 18.1. The Morgan fingerprint density at radius 2 is 2.00 bits per heavy atom. The van der Waals surface area contributed by atoms with Crippen molar-refractivity contribution in [3.63, 3.8) is 0 Å². The van der Waals surface area contributed by atoms with Crippen molar-refractivity contribution >= 4 is 28.8 Å². The van der Waals surface area contributed by atoms with Crippen LogP contribution >= 0.6 is 11.3 Å². The lowest BCUT2D eigenvalue weighted by atomic mass is 9.93. The van der Waals surface area contributed by atoms with Crippen LogP contribution < -0.4 is 5.32 Å². The largest absolute Gasteiger partial charge is 0.375 e. The molecular weight excluding hydrogens is 348 g/mol. The molecular formula is C20H22N2O3S. The van der Waals surface area contributed by atoms with Gasteiger partial charge in [0.15, 0.2) is 0 Å². The number of hydrogen-bond acceptors (Lipinski definition) is 4. The van der Waals surface area contributed by atoms with Gasteiger partial charge < -0.3 is 15.0 Å². The van der Waals surface area contributed by atoms with Crippen LogP contribution in [0.2, 0.25) is 0 Å². The summed E-state index contributed by atoms with van der Waals surface area (Å²) >= 11 is 1.75. The van der Waals surface area contributed by atoms with E-state index in [0.29, 0.717) is 6.54 Å². The predicted molar refractivity (Wildman–Crippen MR) is 101 cm³/mol. The molecule has 1 aromatic heterocycles. The van der Waals surface area contributed by atoms with Gasteiger partial charge in [0.25, 0.3) is 0 Å². The summed E-state index contributed by atoms with van der Waals surface area (Å²) in [6, 6.07) is 9.88. The SMILES string of the molecule is COCC(=O)N1CCc2sccc2[C@@H]1c1ccc(NC(=O)C2CC2)cc1. The lowest BCUT2D eigenvalue weighted by Crippen LogP contribution is -2.41. The summed E-state index contributed by atoms with van der Waals surface area (Å²) in [6.07, 6.45) is 2.86. The molecule has 6 heteroatoms. The Kier molecular flexibility index (Phi) is 4.78. The molecule has 2 heterocycles. The summed E-state index contributed by atoms with van der Waals surface area (Å²) in [5.41, 5.74) is 3.06. The number of anilines is 1. The molecule has 0 unspecified atom stereocenters. The number of hydrogen-bond donors (Lipinski definition) is 1. The maximum Gasteiger partial charge on any atom is 0.249 e. The molecule has 0 spiro atoms. The van der Waals surface area contributed by atoms with Crippen LogP contribution in [0.15, 0.2) is 35.7 Å². The van der Waals surface area contributed by atoms with Gasteiger partial charge in [-0.3, -0.25) is 9.59 Å². The highest BCUT2D eigenvalue weighted by Gasteiger charge is 2.33. The van der Waals surface area contributed by atoms with E-state index >= 15 is 0 Å². The molecule has 1 N–H and O–H groups in total. The molecule has 1 aromatic carbocycles. The monoisotopic (exact) mass is 370 g/mol. The Labute approximate surface area is 157 Å². The normalized spacial score (nSPS) is 19.1. The minimum atomic E-state index is -0.0965. The molecule has 26 heavy (non-hydrogen) atoms. The van der Waals surface area contributed by atoms with Gasteiger partial charge in [0, 0.05) is 30.1 Å².